The molecule has 0 aliphatic carbocycles. The molecule has 2 aromatic carbocycles. The highest BCUT2D eigenvalue weighted by Gasteiger charge is 2.16. The summed E-state index contributed by atoms with van der Waals surface area (Å²) in [6.45, 7) is 0. The van der Waals surface area contributed by atoms with Crippen LogP contribution in [0.3, 0.4) is 0 Å². The molecule has 4 nitrogen and oxygen atoms in total. The Kier molecular flexibility index (Phi) is 3.68. The summed E-state index contributed by atoms with van der Waals surface area (Å²) in [4.78, 5) is 4.28. The third-order valence-corrected chi connectivity index (χ3v) is 3.39. The van der Waals surface area contributed by atoms with Gasteiger partial charge in [0.15, 0.2) is 5.82 Å². The van der Waals surface area contributed by atoms with Crippen molar-refractivity contribution in [2.24, 2.45) is 5.73 Å². The van der Waals surface area contributed by atoms with Crippen molar-refractivity contribution in [1.29, 1.82) is 0 Å². The number of H-pyrrole nitrogens is 1. The Balaban J connectivity index is 1.91. The van der Waals surface area contributed by atoms with Crippen LogP contribution in [-0.4, -0.2) is 15.2 Å². The number of aromatic amines is 1. The number of halogens is 2. The molecule has 0 spiro atoms. The number of nitrogens with one attached hydrogen (secondary N) is 1. The van der Waals surface area contributed by atoms with Crippen molar-refractivity contribution in [3.05, 3.63) is 70.8 Å². The first-order valence-electron chi connectivity index (χ1n) is 6.33. The minimum absolute atomic E-state index is 0.285. The van der Waals surface area contributed by atoms with Crippen molar-refractivity contribution < 1.29 is 4.39 Å². The first kappa shape index (κ1) is 13.7. The van der Waals surface area contributed by atoms with Gasteiger partial charge in [0.1, 0.15) is 11.6 Å². The van der Waals surface area contributed by atoms with Gasteiger partial charge in [0, 0.05) is 5.02 Å². The van der Waals surface area contributed by atoms with Crippen LogP contribution in [0.5, 0.6) is 0 Å². The molecule has 0 fully saturated rings. The average Bonchev–Trinajstić information content (AvgIpc) is 2.97. The van der Waals surface area contributed by atoms with Crippen molar-refractivity contribution in [2.75, 3.05) is 0 Å². The van der Waals surface area contributed by atoms with Crippen molar-refractivity contribution in [2.45, 2.75) is 6.04 Å². The van der Waals surface area contributed by atoms with Crippen LogP contribution in [0.15, 0.2) is 48.5 Å². The molecule has 0 aliphatic heterocycles. The van der Waals surface area contributed by atoms with E-state index in [0.717, 1.165) is 5.56 Å². The van der Waals surface area contributed by atoms with Gasteiger partial charge in [0.2, 0.25) is 0 Å². The molecule has 0 radical (unpaired) electrons. The second-order valence-corrected chi connectivity index (χ2v) is 4.99. The van der Waals surface area contributed by atoms with Gasteiger partial charge in [0.25, 0.3) is 0 Å². The second kappa shape index (κ2) is 5.63. The van der Waals surface area contributed by atoms with E-state index < -0.39 is 6.04 Å². The molecule has 21 heavy (non-hydrogen) atoms. The zero-order chi connectivity index (χ0) is 14.8. The smallest absolute Gasteiger partial charge is 0.184 e. The van der Waals surface area contributed by atoms with Gasteiger partial charge >= 0.3 is 0 Å². The van der Waals surface area contributed by atoms with Crippen molar-refractivity contribution in [1.82, 2.24) is 15.2 Å². The van der Waals surface area contributed by atoms with Crippen molar-refractivity contribution in [3.8, 4) is 11.4 Å². The minimum atomic E-state index is -0.477. The molecule has 1 aromatic heterocycles. The van der Waals surface area contributed by atoms with Gasteiger partial charge in [-0.2, -0.15) is 5.10 Å². The summed E-state index contributed by atoms with van der Waals surface area (Å²) in [5.74, 6) is 0.381. The van der Waals surface area contributed by atoms with Gasteiger partial charge in [-0.05, 0) is 29.8 Å². The van der Waals surface area contributed by atoms with E-state index >= 15 is 0 Å². The lowest BCUT2D eigenvalue weighted by atomic mass is 10.1. The maximum Gasteiger partial charge on any atom is 0.184 e. The lowest BCUT2D eigenvalue weighted by Gasteiger charge is -2.08. The molecule has 3 aromatic rings. The number of nitrogens with zero attached hydrogens (tertiary/aromatic N) is 2. The molecule has 0 amide bonds. The maximum atomic E-state index is 13.7. The second-order valence-electron chi connectivity index (χ2n) is 4.55. The van der Waals surface area contributed by atoms with E-state index in [0.29, 0.717) is 16.4 Å². The summed E-state index contributed by atoms with van der Waals surface area (Å²) in [5, 5.41) is 7.42. The van der Waals surface area contributed by atoms with E-state index in [9.17, 15) is 4.39 Å². The van der Waals surface area contributed by atoms with Crippen LogP contribution >= 0.6 is 11.6 Å². The lowest BCUT2D eigenvalue weighted by Crippen LogP contribution is -2.13. The molecule has 0 saturated carbocycles. The number of nitrogens with two attached hydrogens (primary N) is 1. The van der Waals surface area contributed by atoms with Crippen LogP contribution in [0.2, 0.25) is 5.02 Å². The highest BCUT2D eigenvalue weighted by Crippen LogP contribution is 2.22. The van der Waals surface area contributed by atoms with Crippen LogP contribution in [0, 0.1) is 5.82 Å². The number of aromatic nitrogens is 3. The number of hydrogen-bond donors (Lipinski definition) is 2. The summed E-state index contributed by atoms with van der Waals surface area (Å²) in [7, 11) is 0. The lowest BCUT2D eigenvalue weighted by molar-refractivity contribution is 0.630. The van der Waals surface area contributed by atoms with E-state index in [1.54, 1.807) is 30.3 Å². The monoisotopic (exact) mass is 302 g/mol. The summed E-state index contributed by atoms with van der Waals surface area (Å²) in [6.07, 6.45) is 0. The third kappa shape index (κ3) is 2.79. The summed E-state index contributed by atoms with van der Waals surface area (Å²) < 4.78 is 13.7. The topological polar surface area (TPSA) is 67.6 Å². The van der Waals surface area contributed by atoms with Crippen molar-refractivity contribution >= 4 is 11.6 Å². The standard InChI is InChI=1S/C15H12ClFN4/c16-10-7-5-9(6-8-10)13(18)15-19-14(20-21-15)11-3-1-2-4-12(11)17/h1-8,13H,18H2,(H,19,20,21)/t13-/m0/s1. The maximum absolute atomic E-state index is 13.7. The van der Waals surface area contributed by atoms with E-state index in [4.69, 9.17) is 17.3 Å². The Morgan fingerprint density at radius 1 is 1.10 bits per heavy atom. The van der Waals surface area contributed by atoms with Gasteiger partial charge in [-0.1, -0.05) is 35.9 Å². The Labute approximate surface area is 125 Å². The quantitative estimate of drug-likeness (QED) is 0.780. The normalized spacial score (nSPS) is 12.3. The molecule has 0 unspecified atom stereocenters. The van der Waals surface area contributed by atoms with E-state index in [1.165, 1.54) is 6.07 Å². The van der Waals surface area contributed by atoms with E-state index in [1.807, 2.05) is 12.1 Å². The highest BCUT2D eigenvalue weighted by atomic mass is 35.5. The largest absolute Gasteiger partial charge is 0.318 e. The van der Waals surface area contributed by atoms with Crippen molar-refractivity contribution in [3.63, 3.8) is 0 Å². The Morgan fingerprint density at radius 3 is 2.52 bits per heavy atom. The molecule has 0 bridgehead atoms. The molecular formula is C15H12ClFN4. The van der Waals surface area contributed by atoms with Gasteiger partial charge < -0.3 is 5.73 Å². The van der Waals surface area contributed by atoms with E-state index in [-0.39, 0.29) is 11.6 Å². The number of benzene rings is 2. The predicted octanol–water partition coefficient (Wildman–Crippen LogP) is 3.31. The zero-order valence-electron chi connectivity index (χ0n) is 10.9. The predicted molar refractivity (Wildman–Crippen MR) is 79.3 cm³/mol. The van der Waals surface area contributed by atoms with E-state index in [2.05, 4.69) is 15.2 Å². The van der Waals surface area contributed by atoms with Gasteiger partial charge in [0.05, 0.1) is 11.6 Å². The molecule has 6 heteroatoms. The first-order valence-corrected chi connectivity index (χ1v) is 6.71. The molecule has 106 valence electrons. The zero-order valence-corrected chi connectivity index (χ0v) is 11.7. The molecular weight excluding hydrogens is 291 g/mol. The van der Waals surface area contributed by atoms with Crippen LogP contribution in [0.25, 0.3) is 11.4 Å². The Bertz CT molecular complexity index is 754. The summed E-state index contributed by atoms with van der Waals surface area (Å²) in [5.41, 5.74) is 7.30. The fourth-order valence-electron chi connectivity index (χ4n) is 2.00. The molecule has 1 heterocycles. The minimum Gasteiger partial charge on any atom is -0.318 e. The Morgan fingerprint density at radius 2 is 1.81 bits per heavy atom. The van der Waals surface area contributed by atoms with Gasteiger partial charge in [-0.25, -0.2) is 9.37 Å². The molecule has 3 rings (SSSR count). The van der Waals surface area contributed by atoms with Crippen LogP contribution < -0.4 is 5.73 Å². The fourth-order valence-corrected chi connectivity index (χ4v) is 2.13. The van der Waals surface area contributed by atoms with Gasteiger partial charge in [-0.15, -0.1) is 0 Å². The highest BCUT2D eigenvalue weighted by molar-refractivity contribution is 6.30. The number of rotatable bonds is 3. The summed E-state index contributed by atoms with van der Waals surface area (Å²) >= 11 is 5.85. The Hall–Kier alpha value is -2.24. The first-order chi connectivity index (χ1) is 10.1. The molecule has 3 N–H and O–H groups in total. The average molecular weight is 303 g/mol. The molecule has 1 atom stereocenters. The van der Waals surface area contributed by atoms with Crippen LogP contribution in [0.1, 0.15) is 17.4 Å². The molecule has 0 aliphatic rings. The SMILES string of the molecule is N[C@@H](c1ccc(Cl)cc1)c1nc(-c2ccccc2F)n[nH]1. The summed E-state index contributed by atoms with van der Waals surface area (Å²) in [6, 6.07) is 13.0. The van der Waals surface area contributed by atoms with Gasteiger partial charge in [-0.3, -0.25) is 5.10 Å². The fraction of sp³-hybridized carbons (Fsp3) is 0.0667. The third-order valence-electron chi connectivity index (χ3n) is 3.14. The van der Waals surface area contributed by atoms with Crippen LogP contribution in [-0.2, 0) is 0 Å². The van der Waals surface area contributed by atoms with Crippen LogP contribution in [0.4, 0.5) is 4.39 Å². The molecule has 0 saturated heterocycles. The number of hydrogen-bond acceptors (Lipinski definition) is 3.